The molecular weight excluding hydrogens is 531 g/mol. The molecular formula is C33H35FN6O2. The van der Waals surface area contributed by atoms with Gasteiger partial charge in [-0.2, -0.15) is 0 Å². The van der Waals surface area contributed by atoms with Crippen molar-refractivity contribution in [2.75, 3.05) is 19.7 Å². The molecule has 6 heterocycles. The first kappa shape index (κ1) is 26.9. The van der Waals surface area contributed by atoms with Gasteiger partial charge < -0.3 is 14.0 Å². The molecule has 0 spiro atoms. The fourth-order valence-corrected chi connectivity index (χ4v) is 6.19. The lowest BCUT2D eigenvalue weighted by molar-refractivity contribution is -0.0595. The Hall–Kier alpha value is -3.95. The summed E-state index contributed by atoms with van der Waals surface area (Å²) >= 11 is 0. The molecule has 216 valence electrons. The number of likely N-dealkylation sites (tertiary alicyclic amines) is 1. The van der Waals surface area contributed by atoms with E-state index in [1.54, 1.807) is 0 Å². The van der Waals surface area contributed by atoms with Crippen molar-refractivity contribution < 1.29 is 13.9 Å². The Balaban J connectivity index is 1.02. The predicted octanol–water partition coefficient (Wildman–Crippen LogP) is 6.13. The molecule has 5 aromatic rings. The van der Waals surface area contributed by atoms with Crippen molar-refractivity contribution in [2.24, 2.45) is 0 Å². The van der Waals surface area contributed by atoms with Crippen molar-refractivity contribution in [1.29, 1.82) is 0 Å². The molecule has 2 saturated heterocycles. The number of hydrogen-bond donors (Lipinski definition) is 0. The highest BCUT2D eigenvalue weighted by atomic mass is 19.1. The van der Waals surface area contributed by atoms with Gasteiger partial charge in [0.15, 0.2) is 5.65 Å². The van der Waals surface area contributed by atoms with E-state index in [1.807, 2.05) is 43.3 Å². The van der Waals surface area contributed by atoms with E-state index in [1.165, 1.54) is 12.3 Å². The van der Waals surface area contributed by atoms with Crippen LogP contribution in [0, 0.1) is 12.7 Å². The number of hydrogen-bond acceptors (Lipinski definition) is 7. The second-order valence-corrected chi connectivity index (χ2v) is 11.5. The van der Waals surface area contributed by atoms with E-state index in [4.69, 9.17) is 24.4 Å². The van der Waals surface area contributed by atoms with E-state index in [9.17, 15) is 4.39 Å². The highest BCUT2D eigenvalue weighted by molar-refractivity contribution is 5.81. The van der Waals surface area contributed by atoms with Crippen molar-refractivity contribution in [3.05, 3.63) is 89.4 Å². The molecule has 42 heavy (non-hydrogen) atoms. The van der Waals surface area contributed by atoms with Gasteiger partial charge in [-0.05, 0) is 70.5 Å². The number of aromatic nitrogens is 5. The second-order valence-electron chi connectivity index (χ2n) is 11.5. The lowest BCUT2D eigenvalue weighted by Crippen LogP contribution is -2.37. The first-order chi connectivity index (χ1) is 20.5. The number of fused-ring (bicyclic) bond motifs is 2. The number of pyridine rings is 3. The summed E-state index contributed by atoms with van der Waals surface area (Å²) in [5.74, 6) is 1.68. The maximum atomic E-state index is 13.6. The minimum Gasteiger partial charge on any atom is -0.473 e. The number of imidazole rings is 1. The van der Waals surface area contributed by atoms with E-state index >= 15 is 0 Å². The molecule has 2 aliphatic rings. The van der Waals surface area contributed by atoms with Crippen molar-refractivity contribution in [2.45, 2.75) is 64.3 Å². The van der Waals surface area contributed by atoms with Crippen LogP contribution >= 0.6 is 0 Å². The minimum absolute atomic E-state index is 0.172. The Morgan fingerprint density at radius 3 is 2.67 bits per heavy atom. The van der Waals surface area contributed by atoms with Crippen LogP contribution in [0.5, 0.6) is 5.88 Å². The average molecular weight is 567 g/mol. The van der Waals surface area contributed by atoms with Gasteiger partial charge in [0.1, 0.15) is 23.8 Å². The molecule has 0 radical (unpaired) electrons. The summed E-state index contributed by atoms with van der Waals surface area (Å²) in [6.45, 7) is 8.18. The molecule has 2 fully saturated rings. The maximum Gasteiger partial charge on any atom is 0.213 e. The van der Waals surface area contributed by atoms with Crippen molar-refractivity contribution in [3.8, 4) is 5.88 Å². The first-order valence-corrected chi connectivity index (χ1v) is 14.8. The van der Waals surface area contributed by atoms with Gasteiger partial charge >= 0.3 is 0 Å². The molecule has 0 aliphatic carbocycles. The Kier molecular flexibility index (Phi) is 7.29. The van der Waals surface area contributed by atoms with Gasteiger partial charge in [0, 0.05) is 40.9 Å². The third-order valence-electron chi connectivity index (χ3n) is 8.69. The molecule has 2 unspecified atom stereocenters. The van der Waals surface area contributed by atoms with Crippen molar-refractivity contribution >= 4 is 22.1 Å². The fraction of sp³-hybridized carbons (Fsp3) is 0.394. The zero-order valence-electron chi connectivity index (χ0n) is 24.0. The van der Waals surface area contributed by atoms with E-state index < -0.39 is 0 Å². The molecule has 0 N–H and O–H groups in total. The molecule has 1 aromatic carbocycles. The van der Waals surface area contributed by atoms with Gasteiger partial charge in [0.2, 0.25) is 5.88 Å². The molecule has 9 heteroatoms. The number of nitrogens with zero attached hydrogens (tertiary/aromatic N) is 6. The Morgan fingerprint density at radius 2 is 1.86 bits per heavy atom. The molecule has 8 nitrogen and oxygen atoms in total. The Bertz CT molecular complexity index is 1730. The van der Waals surface area contributed by atoms with Crippen molar-refractivity contribution in [1.82, 2.24) is 29.4 Å². The van der Waals surface area contributed by atoms with Crippen LogP contribution in [0.15, 0.2) is 60.8 Å². The number of rotatable bonds is 8. The van der Waals surface area contributed by atoms with Gasteiger partial charge in [-0.15, -0.1) is 0 Å². The summed E-state index contributed by atoms with van der Waals surface area (Å²) in [6.07, 6.45) is 4.60. The summed E-state index contributed by atoms with van der Waals surface area (Å²) in [4.78, 5) is 21.6. The van der Waals surface area contributed by atoms with Crippen LogP contribution in [0.25, 0.3) is 22.1 Å². The van der Waals surface area contributed by atoms with Crippen molar-refractivity contribution in [3.63, 3.8) is 0 Å². The summed E-state index contributed by atoms with van der Waals surface area (Å²) < 4.78 is 27.8. The molecule has 7 rings (SSSR count). The van der Waals surface area contributed by atoms with Gasteiger partial charge in [0.05, 0.1) is 30.4 Å². The number of benzene rings is 1. The largest absolute Gasteiger partial charge is 0.473 e. The van der Waals surface area contributed by atoms with Gasteiger partial charge in [-0.25, -0.2) is 19.3 Å². The third-order valence-corrected chi connectivity index (χ3v) is 8.69. The number of para-hydroxylation sites is 1. The van der Waals surface area contributed by atoms with E-state index in [0.717, 1.165) is 90.3 Å². The van der Waals surface area contributed by atoms with Gasteiger partial charge in [0.25, 0.3) is 0 Å². The molecule has 2 aliphatic heterocycles. The van der Waals surface area contributed by atoms with Crippen LogP contribution in [0.2, 0.25) is 0 Å². The van der Waals surface area contributed by atoms with Crippen LogP contribution in [0.3, 0.4) is 0 Å². The van der Waals surface area contributed by atoms with Crippen LogP contribution in [-0.4, -0.2) is 55.2 Å². The zero-order chi connectivity index (χ0) is 28.6. The highest BCUT2D eigenvalue weighted by Gasteiger charge is 2.30. The van der Waals surface area contributed by atoms with Gasteiger partial charge in [-0.3, -0.25) is 9.88 Å². The molecule has 0 amide bonds. The second kappa shape index (κ2) is 11.4. The fourth-order valence-electron chi connectivity index (χ4n) is 6.19. The molecule has 0 bridgehead atoms. The zero-order valence-corrected chi connectivity index (χ0v) is 24.0. The van der Waals surface area contributed by atoms with Crippen LogP contribution in [0.1, 0.15) is 60.9 Å². The van der Waals surface area contributed by atoms with E-state index in [-0.39, 0.29) is 18.0 Å². The minimum atomic E-state index is -0.343. The third kappa shape index (κ3) is 5.34. The topological polar surface area (TPSA) is 78.2 Å². The number of halogens is 1. The highest BCUT2D eigenvalue weighted by Crippen LogP contribution is 2.33. The smallest absolute Gasteiger partial charge is 0.213 e. The normalized spacial score (nSPS) is 18.8. The predicted molar refractivity (Wildman–Crippen MR) is 159 cm³/mol. The van der Waals surface area contributed by atoms with Crippen LogP contribution in [-0.2, 0) is 17.9 Å². The summed E-state index contributed by atoms with van der Waals surface area (Å²) in [5.41, 5.74) is 5.62. The van der Waals surface area contributed by atoms with E-state index in [0.29, 0.717) is 18.4 Å². The van der Waals surface area contributed by atoms with Gasteiger partial charge in [-0.1, -0.05) is 24.3 Å². The molecule has 4 aromatic heterocycles. The summed E-state index contributed by atoms with van der Waals surface area (Å²) in [5, 5.41) is 0.761. The lowest BCUT2D eigenvalue weighted by atomic mass is 9.92. The lowest BCUT2D eigenvalue weighted by Gasteiger charge is -2.36. The standard InChI is InChI=1S/C33H35FN6O2/c1-21-9-10-29-33(36-21)40(19-27-13-16-41-27)32(38-29)22(2)39-14-11-23(12-15-39)28-7-4-8-30(37-28)42-20-25-6-3-5-24-17-26(34)18-35-31(24)25/h3-10,17-18,22-23,27H,11-16,19-20H2,1-2H3. The number of piperidine rings is 1. The molecule has 2 atom stereocenters. The Morgan fingerprint density at radius 1 is 1.02 bits per heavy atom. The summed E-state index contributed by atoms with van der Waals surface area (Å²) in [7, 11) is 0. The monoisotopic (exact) mass is 566 g/mol. The van der Waals surface area contributed by atoms with Crippen LogP contribution < -0.4 is 4.74 Å². The van der Waals surface area contributed by atoms with Crippen LogP contribution in [0.4, 0.5) is 4.39 Å². The quantitative estimate of drug-likeness (QED) is 0.224. The Labute approximate surface area is 244 Å². The maximum absolute atomic E-state index is 13.6. The molecule has 0 saturated carbocycles. The number of ether oxygens (including phenoxy) is 2. The summed E-state index contributed by atoms with van der Waals surface area (Å²) in [6, 6.07) is 17.5. The number of aryl methyl sites for hydroxylation is 1. The van der Waals surface area contributed by atoms with E-state index in [2.05, 4.69) is 33.5 Å². The average Bonchev–Trinajstić information content (AvgIpc) is 3.34. The SMILES string of the molecule is Cc1ccc2nc(C(C)N3CCC(c4cccc(OCc5cccc6cc(F)cnc56)n4)CC3)n(CC3CCO3)c2n1. The first-order valence-electron chi connectivity index (χ1n) is 14.8.